The van der Waals surface area contributed by atoms with Gasteiger partial charge in [0.25, 0.3) is 0 Å². The number of hydrogen-bond donors (Lipinski definition) is 0. The van der Waals surface area contributed by atoms with E-state index in [4.69, 9.17) is 4.74 Å². The van der Waals surface area contributed by atoms with Gasteiger partial charge in [-0.3, -0.25) is 0 Å². The Balaban J connectivity index is 2.51. The minimum absolute atomic E-state index is 0.0144. The molecule has 1 heterocycles. The molecule has 2 nitrogen and oxygen atoms in total. The van der Waals surface area contributed by atoms with E-state index in [1.54, 1.807) is 0 Å². The van der Waals surface area contributed by atoms with Crippen molar-refractivity contribution < 1.29 is 4.74 Å². The number of methoxy groups -OCH3 is 1. The number of hydrogen-bond acceptors (Lipinski definition) is 2. The van der Waals surface area contributed by atoms with Crippen LogP contribution in [0.2, 0.25) is 0 Å². The lowest BCUT2D eigenvalue weighted by Crippen LogP contribution is -2.46. The third-order valence-electron chi connectivity index (χ3n) is 3.66. The predicted octanol–water partition coefficient (Wildman–Crippen LogP) is 3.23. The van der Waals surface area contributed by atoms with Crippen molar-refractivity contribution in [3.8, 4) is 0 Å². The van der Waals surface area contributed by atoms with Crippen LogP contribution in [0.1, 0.15) is 46.5 Å². The quantitative estimate of drug-likeness (QED) is 0.666. The van der Waals surface area contributed by atoms with E-state index in [1.807, 2.05) is 7.11 Å². The molecule has 1 saturated heterocycles. The van der Waals surface area contributed by atoms with Crippen LogP contribution < -0.4 is 0 Å². The molecule has 0 N–H and O–H groups in total. The molecular weight excluding hydrogens is 198 g/mol. The molecule has 94 valence electrons. The summed E-state index contributed by atoms with van der Waals surface area (Å²) in [6.07, 6.45) is 9.22. The van der Waals surface area contributed by atoms with E-state index in [-0.39, 0.29) is 5.60 Å². The molecule has 0 radical (unpaired) electrons. The van der Waals surface area contributed by atoms with Crippen molar-refractivity contribution in [3.63, 3.8) is 0 Å². The van der Waals surface area contributed by atoms with Crippen LogP contribution in [0.4, 0.5) is 0 Å². The maximum atomic E-state index is 5.74. The lowest BCUT2D eigenvalue weighted by Gasteiger charge is -2.40. The number of ether oxygens (including phenoxy) is 1. The highest BCUT2D eigenvalue weighted by Crippen LogP contribution is 2.28. The van der Waals surface area contributed by atoms with Crippen LogP contribution in [0.15, 0.2) is 12.2 Å². The molecule has 0 bridgehead atoms. The predicted molar refractivity (Wildman–Crippen MR) is 69.7 cm³/mol. The highest BCUT2D eigenvalue weighted by molar-refractivity contribution is 5.05. The zero-order valence-corrected chi connectivity index (χ0v) is 11.3. The van der Waals surface area contributed by atoms with Gasteiger partial charge in [0.15, 0.2) is 0 Å². The molecule has 0 spiro atoms. The third kappa shape index (κ3) is 3.60. The Morgan fingerprint density at radius 3 is 2.38 bits per heavy atom. The second-order valence-electron chi connectivity index (χ2n) is 5.09. The maximum absolute atomic E-state index is 5.74. The number of piperidine rings is 1. The summed E-state index contributed by atoms with van der Waals surface area (Å²) in [6.45, 7) is 9.06. The van der Waals surface area contributed by atoms with E-state index in [9.17, 15) is 0 Å². The summed E-state index contributed by atoms with van der Waals surface area (Å²) in [5, 5.41) is 0. The number of likely N-dealkylation sites (tertiary alicyclic amines) is 1. The molecule has 16 heavy (non-hydrogen) atoms. The van der Waals surface area contributed by atoms with Crippen molar-refractivity contribution in [3.05, 3.63) is 12.2 Å². The number of rotatable bonds is 5. The number of nitrogens with zero attached hydrogens (tertiary/aromatic N) is 1. The molecule has 0 aromatic heterocycles. The summed E-state index contributed by atoms with van der Waals surface area (Å²) in [5.74, 6) is 0. The minimum Gasteiger partial charge on any atom is -0.374 e. The van der Waals surface area contributed by atoms with Crippen molar-refractivity contribution in [1.29, 1.82) is 0 Å². The molecule has 0 aliphatic carbocycles. The summed E-state index contributed by atoms with van der Waals surface area (Å²) < 4.78 is 5.74. The van der Waals surface area contributed by atoms with Crippen LogP contribution in [-0.2, 0) is 4.74 Å². The first-order chi connectivity index (χ1) is 7.63. The summed E-state index contributed by atoms with van der Waals surface area (Å²) in [4.78, 5) is 2.53. The van der Waals surface area contributed by atoms with Gasteiger partial charge in [-0.2, -0.15) is 0 Å². The summed E-state index contributed by atoms with van der Waals surface area (Å²) in [7, 11) is 1.85. The lowest BCUT2D eigenvalue weighted by atomic mass is 9.89. The summed E-state index contributed by atoms with van der Waals surface area (Å²) in [5.41, 5.74) is 0.0144. The first-order valence-corrected chi connectivity index (χ1v) is 6.60. The Bertz CT molecular complexity index is 215. The summed E-state index contributed by atoms with van der Waals surface area (Å²) in [6, 6.07) is 0.662. The third-order valence-corrected chi connectivity index (χ3v) is 3.66. The van der Waals surface area contributed by atoms with Gasteiger partial charge in [-0.05, 0) is 33.1 Å². The largest absolute Gasteiger partial charge is 0.374 e. The van der Waals surface area contributed by atoms with Crippen LogP contribution in [0.3, 0.4) is 0 Å². The summed E-state index contributed by atoms with van der Waals surface area (Å²) >= 11 is 0. The SMILES string of the molecule is CCC/C=C/C1(OC)CCN(C(C)C)CC1. The molecule has 1 aliphatic rings. The highest BCUT2D eigenvalue weighted by atomic mass is 16.5. The second-order valence-corrected chi connectivity index (χ2v) is 5.09. The van der Waals surface area contributed by atoms with Crippen LogP contribution in [-0.4, -0.2) is 36.7 Å². The van der Waals surface area contributed by atoms with E-state index in [0.29, 0.717) is 6.04 Å². The molecule has 1 aliphatic heterocycles. The minimum atomic E-state index is 0.0144. The molecule has 2 heteroatoms. The van der Waals surface area contributed by atoms with Gasteiger partial charge in [0, 0.05) is 26.2 Å². The van der Waals surface area contributed by atoms with Gasteiger partial charge in [-0.25, -0.2) is 0 Å². The normalized spacial score (nSPS) is 22.1. The number of allylic oxidation sites excluding steroid dienone is 1. The Hall–Kier alpha value is -0.340. The zero-order valence-electron chi connectivity index (χ0n) is 11.3. The Morgan fingerprint density at radius 2 is 1.94 bits per heavy atom. The molecule has 0 amide bonds. The maximum Gasteiger partial charge on any atom is 0.0883 e. The van der Waals surface area contributed by atoms with E-state index < -0.39 is 0 Å². The van der Waals surface area contributed by atoms with Gasteiger partial charge in [-0.15, -0.1) is 0 Å². The first-order valence-electron chi connectivity index (χ1n) is 6.60. The van der Waals surface area contributed by atoms with Gasteiger partial charge in [0.1, 0.15) is 0 Å². The van der Waals surface area contributed by atoms with Crippen molar-refractivity contribution in [2.24, 2.45) is 0 Å². The van der Waals surface area contributed by atoms with E-state index in [2.05, 4.69) is 37.8 Å². The molecular formula is C14H27NO. The van der Waals surface area contributed by atoms with Crippen molar-refractivity contribution in [1.82, 2.24) is 4.90 Å². The average Bonchev–Trinajstić information content (AvgIpc) is 2.30. The Labute approximate surface area is 101 Å². The first kappa shape index (κ1) is 13.7. The van der Waals surface area contributed by atoms with Gasteiger partial charge in [-0.1, -0.05) is 25.5 Å². The average molecular weight is 225 g/mol. The molecule has 1 rings (SSSR count). The van der Waals surface area contributed by atoms with Gasteiger partial charge in [0.05, 0.1) is 5.60 Å². The van der Waals surface area contributed by atoms with Gasteiger partial charge < -0.3 is 9.64 Å². The zero-order chi connectivity index (χ0) is 12.0. The fraction of sp³-hybridized carbons (Fsp3) is 0.857. The molecule has 0 unspecified atom stereocenters. The monoisotopic (exact) mass is 225 g/mol. The Morgan fingerprint density at radius 1 is 1.31 bits per heavy atom. The molecule has 0 aromatic carbocycles. The molecule has 0 atom stereocenters. The molecule has 1 fully saturated rings. The van der Waals surface area contributed by atoms with Crippen LogP contribution in [0.25, 0.3) is 0 Å². The fourth-order valence-electron chi connectivity index (χ4n) is 2.32. The Kier molecular flexibility index (Phi) is 5.50. The lowest BCUT2D eigenvalue weighted by molar-refractivity contribution is -0.0259. The van der Waals surface area contributed by atoms with E-state index >= 15 is 0 Å². The van der Waals surface area contributed by atoms with Crippen molar-refractivity contribution in [2.75, 3.05) is 20.2 Å². The smallest absolute Gasteiger partial charge is 0.0883 e. The molecule has 0 saturated carbocycles. The standard InChI is InChI=1S/C14H27NO/c1-5-6-7-8-14(16-4)9-11-15(12-10-14)13(2)3/h7-8,13H,5-6,9-12H2,1-4H3/b8-7+. The second kappa shape index (κ2) is 6.41. The van der Waals surface area contributed by atoms with Crippen molar-refractivity contribution in [2.45, 2.75) is 58.1 Å². The molecule has 0 aromatic rings. The van der Waals surface area contributed by atoms with Crippen molar-refractivity contribution >= 4 is 0 Å². The highest BCUT2D eigenvalue weighted by Gasteiger charge is 2.32. The van der Waals surface area contributed by atoms with E-state index in [0.717, 1.165) is 25.9 Å². The van der Waals surface area contributed by atoms with Crippen LogP contribution in [0, 0.1) is 0 Å². The topological polar surface area (TPSA) is 12.5 Å². The van der Waals surface area contributed by atoms with Gasteiger partial charge in [0.2, 0.25) is 0 Å². The number of unbranched alkanes of at least 4 members (excludes halogenated alkanes) is 1. The fourth-order valence-corrected chi connectivity index (χ4v) is 2.32. The van der Waals surface area contributed by atoms with Crippen LogP contribution in [0.5, 0.6) is 0 Å². The van der Waals surface area contributed by atoms with E-state index in [1.165, 1.54) is 12.8 Å². The van der Waals surface area contributed by atoms with Gasteiger partial charge >= 0.3 is 0 Å². The van der Waals surface area contributed by atoms with Crippen LogP contribution >= 0.6 is 0 Å².